The van der Waals surface area contributed by atoms with E-state index < -0.39 is 0 Å². The number of carbonyl (C=O) groups excluding carboxylic acids is 1. The molecule has 2 saturated heterocycles. The fourth-order valence-electron chi connectivity index (χ4n) is 2.68. The Morgan fingerprint density at radius 3 is 2.79 bits per heavy atom. The van der Waals surface area contributed by atoms with Crippen LogP contribution in [0, 0.1) is 0 Å². The Hall–Kier alpha value is -0.610. The molecule has 0 unspecified atom stereocenters. The van der Waals surface area contributed by atoms with E-state index in [1.54, 1.807) is 0 Å². The topological polar surface area (TPSA) is 49.6 Å². The van der Waals surface area contributed by atoms with Crippen LogP contribution in [0.3, 0.4) is 0 Å². The Balaban J connectivity index is 1.96. The number of amides is 1. The Morgan fingerprint density at radius 2 is 2.21 bits per heavy atom. The maximum atomic E-state index is 11.5. The van der Waals surface area contributed by atoms with Crippen LogP contribution in [0.5, 0.6) is 0 Å². The van der Waals surface area contributed by atoms with Crippen molar-refractivity contribution in [3.05, 3.63) is 0 Å². The molecular weight excluding hydrogens is 178 g/mol. The summed E-state index contributed by atoms with van der Waals surface area (Å²) in [6, 6.07) is 1.66. The van der Waals surface area contributed by atoms with E-state index in [1.165, 1.54) is 0 Å². The van der Waals surface area contributed by atoms with Crippen LogP contribution in [0.25, 0.3) is 0 Å². The molecule has 80 valence electrons. The third kappa shape index (κ3) is 1.33. The van der Waals surface area contributed by atoms with Gasteiger partial charge in [0, 0.05) is 25.2 Å². The van der Waals surface area contributed by atoms with E-state index in [2.05, 4.69) is 18.7 Å². The molecule has 2 fully saturated rings. The number of nitrogens with zero attached hydrogens (tertiary/aromatic N) is 2. The zero-order valence-corrected chi connectivity index (χ0v) is 8.94. The number of likely N-dealkylation sites (tertiary alicyclic amines) is 2. The van der Waals surface area contributed by atoms with Crippen molar-refractivity contribution in [2.45, 2.75) is 38.4 Å². The van der Waals surface area contributed by atoms with Crippen LogP contribution in [0.15, 0.2) is 0 Å². The van der Waals surface area contributed by atoms with Crippen LogP contribution in [0.1, 0.15) is 20.3 Å². The first-order chi connectivity index (χ1) is 6.65. The van der Waals surface area contributed by atoms with Gasteiger partial charge in [-0.3, -0.25) is 9.69 Å². The summed E-state index contributed by atoms with van der Waals surface area (Å²) >= 11 is 0. The minimum Gasteiger partial charge on any atom is -0.336 e. The van der Waals surface area contributed by atoms with Gasteiger partial charge in [-0.25, -0.2) is 0 Å². The minimum absolute atomic E-state index is 0.112. The van der Waals surface area contributed by atoms with Gasteiger partial charge >= 0.3 is 0 Å². The maximum absolute atomic E-state index is 11.5. The standard InChI is InChI=1S/C10H19N3O/c1-7(2)13-6-9-8(13)3-4-12(9)10(14)5-11/h7-9H,3-6,11H2,1-2H3/t8-,9-/m1/s1. The molecule has 4 heteroatoms. The van der Waals surface area contributed by atoms with E-state index in [1.807, 2.05) is 4.90 Å². The fraction of sp³-hybridized carbons (Fsp3) is 0.900. The monoisotopic (exact) mass is 197 g/mol. The van der Waals surface area contributed by atoms with E-state index in [0.29, 0.717) is 18.1 Å². The maximum Gasteiger partial charge on any atom is 0.236 e. The van der Waals surface area contributed by atoms with Crippen molar-refractivity contribution in [2.75, 3.05) is 19.6 Å². The van der Waals surface area contributed by atoms with Crippen LogP contribution in [0.2, 0.25) is 0 Å². The van der Waals surface area contributed by atoms with Gasteiger partial charge < -0.3 is 10.6 Å². The average Bonchev–Trinajstić information content (AvgIpc) is 2.41. The lowest BCUT2D eigenvalue weighted by Crippen LogP contribution is -2.64. The summed E-state index contributed by atoms with van der Waals surface area (Å²) in [7, 11) is 0. The number of hydrogen-bond donors (Lipinski definition) is 1. The second-order valence-electron chi connectivity index (χ2n) is 4.51. The van der Waals surface area contributed by atoms with Gasteiger partial charge in [0.25, 0.3) is 0 Å². The molecular formula is C10H19N3O. The van der Waals surface area contributed by atoms with Crippen molar-refractivity contribution in [2.24, 2.45) is 5.73 Å². The molecule has 2 aliphatic rings. The number of rotatable bonds is 2. The second-order valence-corrected chi connectivity index (χ2v) is 4.51. The van der Waals surface area contributed by atoms with Crippen molar-refractivity contribution in [3.63, 3.8) is 0 Å². The summed E-state index contributed by atoms with van der Waals surface area (Å²) in [4.78, 5) is 15.9. The molecule has 2 atom stereocenters. The number of nitrogens with two attached hydrogens (primary N) is 1. The highest BCUT2D eigenvalue weighted by molar-refractivity contribution is 5.79. The Morgan fingerprint density at radius 1 is 1.50 bits per heavy atom. The average molecular weight is 197 g/mol. The van der Waals surface area contributed by atoms with Crippen molar-refractivity contribution in [1.82, 2.24) is 9.80 Å². The van der Waals surface area contributed by atoms with Gasteiger partial charge in [0.05, 0.1) is 12.6 Å². The first-order valence-electron chi connectivity index (χ1n) is 5.40. The molecule has 0 aliphatic carbocycles. The van der Waals surface area contributed by atoms with Gasteiger partial charge in [0.2, 0.25) is 5.91 Å². The van der Waals surface area contributed by atoms with Crippen molar-refractivity contribution < 1.29 is 4.79 Å². The third-order valence-corrected chi connectivity index (χ3v) is 3.49. The van der Waals surface area contributed by atoms with Crippen molar-refractivity contribution in [3.8, 4) is 0 Å². The van der Waals surface area contributed by atoms with Gasteiger partial charge in [-0.05, 0) is 20.3 Å². The highest BCUT2D eigenvalue weighted by atomic mass is 16.2. The molecule has 0 aromatic carbocycles. The van der Waals surface area contributed by atoms with Crippen LogP contribution >= 0.6 is 0 Å². The van der Waals surface area contributed by atoms with Gasteiger partial charge in [-0.2, -0.15) is 0 Å². The Kier molecular flexibility index (Phi) is 2.49. The molecule has 14 heavy (non-hydrogen) atoms. The van der Waals surface area contributed by atoms with Crippen LogP contribution in [-0.2, 0) is 4.79 Å². The predicted octanol–water partition coefficient (Wildman–Crippen LogP) is -0.361. The molecule has 1 amide bonds. The molecule has 2 heterocycles. The van der Waals surface area contributed by atoms with Gasteiger partial charge in [-0.1, -0.05) is 0 Å². The smallest absolute Gasteiger partial charge is 0.236 e. The SMILES string of the molecule is CC(C)N1C[C@@H]2[C@H]1CCN2C(=O)CN. The van der Waals surface area contributed by atoms with Crippen LogP contribution in [0.4, 0.5) is 0 Å². The van der Waals surface area contributed by atoms with Gasteiger partial charge in [0.1, 0.15) is 0 Å². The molecule has 2 N–H and O–H groups in total. The highest BCUT2D eigenvalue weighted by Gasteiger charge is 2.48. The summed E-state index contributed by atoms with van der Waals surface area (Å²) in [5, 5.41) is 0. The predicted molar refractivity (Wildman–Crippen MR) is 54.8 cm³/mol. The Labute approximate surface area is 85.0 Å². The Bertz CT molecular complexity index is 242. The molecule has 4 nitrogen and oxygen atoms in total. The molecule has 0 spiro atoms. The lowest BCUT2D eigenvalue weighted by Gasteiger charge is -2.49. The summed E-state index contributed by atoms with van der Waals surface area (Å²) in [6.07, 6.45) is 1.12. The summed E-state index contributed by atoms with van der Waals surface area (Å²) in [5.41, 5.74) is 5.37. The third-order valence-electron chi connectivity index (χ3n) is 3.49. The lowest BCUT2D eigenvalue weighted by atomic mass is 9.95. The summed E-state index contributed by atoms with van der Waals surface area (Å²) in [6.45, 7) is 6.51. The normalized spacial score (nSPS) is 31.9. The molecule has 0 saturated carbocycles. The largest absolute Gasteiger partial charge is 0.336 e. The zero-order chi connectivity index (χ0) is 10.3. The molecule has 0 aromatic rings. The molecule has 2 rings (SSSR count). The van der Waals surface area contributed by atoms with Gasteiger partial charge in [0.15, 0.2) is 0 Å². The van der Waals surface area contributed by atoms with E-state index in [9.17, 15) is 4.79 Å². The zero-order valence-electron chi connectivity index (χ0n) is 8.94. The summed E-state index contributed by atoms with van der Waals surface area (Å²) in [5.74, 6) is 0.112. The second kappa shape index (κ2) is 3.51. The number of carbonyl (C=O) groups is 1. The highest BCUT2D eigenvalue weighted by Crippen LogP contribution is 2.33. The molecule has 2 aliphatic heterocycles. The quantitative estimate of drug-likeness (QED) is 0.657. The van der Waals surface area contributed by atoms with Crippen molar-refractivity contribution in [1.29, 1.82) is 0 Å². The molecule has 0 radical (unpaired) electrons. The van der Waals surface area contributed by atoms with E-state index in [4.69, 9.17) is 5.73 Å². The number of hydrogen-bond acceptors (Lipinski definition) is 3. The van der Waals surface area contributed by atoms with Crippen LogP contribution in [-0.4, -0.2) is 53.5 Å². The van der Waals surface area contributed by atoms with E-state index >= 15 is 0 Å². The van der Waals surface area contributed by atoms with E-state index in [0.717, 1.165) is 19.5 Å². The molecule has 0 aromatic heterocycles. The number of fused-ring (bicyclic) bond motifs is 1. The minimum atomic E-state index is 0.112. The van der Waals surface area contributed by atoms with Crippen LogP contribution < -0.4 is 5.73 Å². The lowest BCUT2D eigenvalue weighted by molar-refractivity contribution is -0.134. The molecule has 0 bridgehead atoms. The van der Waals surface area contributed by atoms with E-state index in [-0.39, 0.29) is 12.5 Å². The fourth-order valence-corrected chi connectivity index (χ4v) is 2.68. The summed E-state index contributed by atoms with van der Waals surface area (Å²) < 4.78 is 0. The first-order valence-corrected chi connectivity index (χ1v) is 5.40. The first kappa shape index (κ1) is 9.93. The van der Waals surface area contributed by atoms with Gasteiger partial charge in [-0.15, -0.1) is 0 Å². The van der Waals surface area contributed by atoms with Crippen molar-refractivity contribution >= 4 is 5.91 Å².